The molecule has 15 heavy (non-hydrogen) atoms. The lowest BCUT2D eigenvalue weighted by molar-refractivity contribution is -0.142. The third-order valence-corrected chi connectivity index (χ3v) is 2.50. The van der Waals surface area contributed by atoms with Gasteiger partial charge in [-0.25, -0.2) is 4.79 Å². The van der Waals surface area contributed by atoms with Gasteiger partial charge in [0.15, 0.2) is 5.79 Å². The molecule has 0 aromatic heterocycles. The number of ether oxygens (including phenoxy) is 3. The van der Waals surface area contributed by atoms with E-state index in [0.29, 0.717) is 18.8 Å². The molecular formula is C11H16O4. The highest BCUT2D eigenvalue weighted by molar-refractivity contribution is 5.89. The number of hydrogen-bond donors (Lipinski definition) is 0. The third kappa shape index (κ3) is 2.58. The maximum Gasteiger partial charge on any atom is 0.333 e. The first kappa shape index (κ1) is 10.6. The predicted octanol–water partition coefficient (Wildman–Crippen LogP) is 1.40. The van der Waals surface area contributed by atoms with E-state index in [9.17, 15) is 4.79 Å². The van der Waals surface area contributed by atoms with Gasteiger partial charge in [0.05, 0.1) is 13.2 Å². The largest absolute Gasteiger partial charge is 0.462 e. The molecule has 2 rings (SSSR count). The molecule has 4 heteroatoms. The fourth-order valence-electron chi connectivity index (χ4n) is 1.80. The van der Waals surface area contributed by atoms with Crippen LogP contribution in [0.15, 0.2) is 11.6 Å². The van der Waals surface area contributed by atoms with E-state index in [1.165, 1.54) is 0 Å². The van der Waals surface area contributed by atoms with E-state index in [1.54, 1.807) is 0 Å². The molecule has 0 N–H and O–H groups in total. The molecule has 4 nitrogen and oxygen atoms in total. The third-order valence-electron chi connectivity index (χ3n) is 2.50. The number of rotatable bonds is 1. The SMILES string of the molecule is CC1(C)OC[C@H](/C=C2\CCCOC2=O)O1. The highest BCUT2D eigenvalue weighted by atomic mass is 16.7. The zero-order valence-electron chi connectivity index (χ0n) is 9.12. The van der Waals surface area contributed by atoms with Gasteiger partial charge in [-0.05, 0) is 32.8 Å². The van der Waals surface area contributed by atoms with Crippen molar-refractivity contribution in [3.8, 4) is 0 Å². The van der Waals surface area contributed by atoms with Crippen molar-refractivity contribution in [2.24, 2.45) is 0 Å². The summed E-state index contributed by atoms with van der Waals surface area (Å²) in [7, 11) is 0. The summed E-state index contributed by atoms with van der Waals surface area (Å²) in [5.41, 5.74) is 0.715. The van der Waals surface area contributed by atoms with Crippen LogP contribution < -0.4 is 0 Å². The number of esters is 1. The highest BCUT2D eigenvalue weighted by Crippen LogP contribution is 2.25. The lowest BCUT2D eigenvalue weighted by Crippen LogP contribution is -2.22. The molecule has 0 saturated carbocycles. The van der Waals surface area contributed by atoms with Gasteiger partial charge in [0, 0.05) is 5.57 Å². The van der Waals surface area contributed by atoms with Crippen LogP contribution in [-0.4, -0.2) is 31.1 Å². The van der Waals surface area contributed by atoms with Gasteiger partial charge in [-0.15, -0.1) is 0 Å². The molecule has 1 atom stereocenters. The number of carbonyl (C=O) groups is 1. The summed E-state index contributed by atoms with van der Waals surface area (Å²) in [6.45, 7) is 4.77. The molecule has 2 fully saturated rings. The van der Waals surface area contributed by atoms with Crippen LogP contribution in [0, 0.1) is 0 Å². The molecule has 0 aromatic carbocycles. The van der Waals surface area contributed by atoms with E-state index >= 15 is 0 Å². The Morgan fingerprint density at radius 3 is 2.87 bits per heavy atom. The summed E-state index contributed by atoms with van der Waals surface area (Å²) < 4.78 is 16.0. The summed E-state index contributed by atoms with van der Waals surface area (Å²) in [6.07, 6.45) is 3.38. The minimum atomic E-state index is -0.541. The lowest BCUT2D eigenvalue weighted by Gasteiger charge is -2.17. The Hall–Kier alpha value is -0.870. The van der Waals surface area contributed by atoms with Gasteiger partial charge in [-0.2, -0.15) is 0 Å². The summed E-state index contributed by atoms with van der Waals surface area (Å²) in [5, 5.41) is 0. The first-order valence-electron chi connectivity index (χ1n) is 5.26. The molecule has 0 unspecified atom stereocenters. The van der Waals surface area contributed by atoms with Crippen LogP contribution in [0.5, 0.6) is 0 Å². The van der Waals surface area contributed by atoms with E-state index in [4.69, 9.17) is 14.2 Å². The standard InChI is InChI=1S/C11H16O4/c1-11(2)14-7-9(15-11)6-8-4-3-5-13-10(8)12/h6,9H,3-5,7H2,1-2H3/b8-6+/t9-/m0/s1. The van der Waals surface area contributed by atoms with Crippen LogP contribution >= 0.6 is 0 Å². The number of carbonyl (C=O) groups excluding carboxylic acids is 1. The Morgan fingerprint density at radius 2 is 2.27 bits per heavy atom. The van der Waals surface area contributed by atoms with Crippen molar-refractivity contribution in [3.05, 3.63) is 11.6 Å². The zero-order chi connectivity index (χ0) is 10.9. The molecule has 2 saturated heterocycles. The molecule has 2 heterocycles. The van der Waals surface area contributed by atoms with Crippen LogP contribution in [0.3, 0.4) is 0 Å². The van der Waals surface area contributed by atoms with Crippen LogP contribution in [0.4, 0.5) is 0 Å². The predicted molar refractivity (Wildman–Crippen MR) is 53.2 cm³/mol. The minimum Gasteiger partial charge on any atom is -0.462 e. The van der Waals surface area contributed by atoms with Crippen molar-refractivity contribution in [2.75, 3.05) is 13.2 Å². The second-order valence-electron chi connectivity index (χ2n) is 4.30. The topological polar surface area (TPSA) is 44.8 Å². The van der Waals surface area contributed by atoms with Gasteiger partial charge in [0.2, 0.25) is 0 Å². The van der Waals surface area contributed by atoms with Crippen LogP contribution in [0.25, 0.3) is 0 Å². The van der Waals surface area contributed by atoms with Crippen molar-refractivity contribution in [3.63, 3.8) is 0 Å². The average Bonchev–Trinajstić information content (AvgIpc) is 2.50. The van der Waals surface area contributed by atoms with Crippen LogP contribution in [0.1, 0.15) is 26.7 Å². The molecular weight excluding hydrogens is 196 g/mol. The number of hydrogen-bond acceptors (Lipinski definition) is 4. The summed E-state index contributed by atoms with van der Waals surface area (Å²) >= 11 is 0. The Labute approximate surface area is 89.2 Å². The Bertz CT molecular complexity index is 293. The van der Waals surface area contributed by atoms with Crippen molar-refractivity contribution >= 4 is 5.97 Å². The molecule has 0 aromatic rings. The first-order valence-corrected chi connectivity index (χ1v) is 5.26. The van der Waals surface area contributed by atoms with E-state index in [-0.39, 0.29) is 12.1 Å². The van der Waals surface area contributed by atoms with Gasteiger partial charge in [-0.3, -0.25) is 0 Å². The van der Waals surface area contributed by atoms with E-state index < -0.39 is 5.79 Å². The van der Waals surface area contributed by atoms with Crippen molar-refractivity contribution < 1.29 is 19.0 Å². The summed E-state index contributed by atoms with van der Waals surface area (Å²) in [5.74, 6) is -0.755. The first-order chi connectivity index (χ1) is 7.07. The fourth-order valence-corrected chi connectivity index (χ4v) is 1.80. The molecule has 0 aliphatic carbocycles. The average molecular weight is 212 g/mol. The van der Waals surface area contributed by atoms with E-state index in [0.717, 1.165) is 12.8 Å². The van der Waals surface area contributed by atoms with Gasteiger partial charge in [-0.1, -0.05) is 0 Å². The van der Waals surface area contributed by atoms with Crippen molar-refractivity contribution in [1.29, 1.82) is 0 Å². The summed E-state index contributed by atoms with van der Waals surface area (Å²) in [4.78, 5) is 11.4. The van der Waals surface area contributed by atoms with Gasteiger partial charge >= 0.3 is 5.97 Å². The highest BCUT2D eigenvalue weighted by Gasteiger charge is 2.32. The summed E-state index contributed by atoms with van der Waals surface area (Å²) in [6, 6.07) is 0. The Kier molecular flexibility index (Phi) is 2.80. The Balaban J connectivity index is 2.00. The van der Waals surface area contributed by atoms with Gasteiger partial charge in [0.1, 0.15) is 6.10 Å². The maximum atomic E-state index is 11.4. The van der Waals surface area contributed by atoms with Crippen molar-refractivity contribution in [1.82, 2.24) is 0 Å². The molecule has 0 spiro atoms. The zero-order valence-corrected chi connectivity index (χ0v) is 9.12. The molecule has 84 valence electrons. The second kappa shape index (κ2) is 3.94. The molecule has 2 aliphatic rings. The molecule has 0 bridgehead atoms. The molecule has 0 amide bonds. The van der Waals surface area contributed by atoms with E-state index in [1.807, 2.05) is 19.9 Å². The maximum absolute atomic E-state index is 11.4. The normalized spacial score (nSPS) is 33.1. The van der Waals surface area contributed by atoms with Gasteiger partial charge < -0.3 is 14.2 Å². The Morgan fingerprint density at radius 1 is 1.47 bits per heavy atom. The molecule has 0 radical (unpaired) electrons. The van der Waals surface area contributed by atoms with Crippen LogP contribution in [0.2, 0.25) is 0 Å². The lowest BCUT2D eigenvalue weighted by atomic mass is 10.1. The minimum absolute atomic E-state index is 0.124. The van der Waals surface area contributed by atoms with Crippen molar-refractivity contribution in [2.45, 2.75) is 38.6 Å². The second-order valence-corrected chi connectivity index (χ2v) is 4.30. The van der Waals surface area contributed by atoms with Crippen LogP contribution in [-0.2, 0) is 19.0 Å². The smallest absolute Gasteiger partial charge is 0.333 e. The van der Waals surface area contributed by atoms with Gasteiger partial charge in [0.25, 0.3) is 0 Å². The number of cyclic esters (lactones) is 1. The fraction of sp³-hybridized carbons (Fsp3) is 0.727. The monoisotopic (exact) mass is 212 g/mol. The van der Waals surface area contributed by atoms with E-state index in [2.05, 4.69) is 0 Å². The quantitative estimate of drug-likeness (QED) is 0.487. The molecule has 2 aliphatic heterocycles.